The van der Waals surface area contributed by atoms with Crippen molar-refractivity contribution in [2.75, 3.05) is 25.5 Å². The Morgan fingerprint density at radius 3 is 2.50 bits per heavy atom. The Morgan fingerprint density at radius 1 is 1.30 bits per heavy atom. The fourth-order valence-electron chi connectivity index (χ4n) is 1.86. The molecule has 0 radical (unpaired) electrons. The first-order valence-electron chi connectivity index (χ1n) is 6.08. The predicted molar refractivity (Wildman–Crippen MR) is 77.1 cm³/mol. The van der Waals surface area contributed by atoms with Crippen LogP contribution >= 0.6 is 15.9 Å². The summed E-state index contributed by atoms with van der Waals surface area (Å²) in [5, 5.41) is 2.71. The van der Waals surface area contributed by atoms with E-state index in [0.717, 1.165) is 9.37 Å². The van der Waals surface area contributed by atoms with Crippen molar-refractivity contribution in [3.05, 3.63) is 28.7 Å². The van der Waals surface area contributed by atoms with Gasteiger partial charge < -0.3 is 10.2 Å². The van der Waals surface area contributed by atoms with E-state index < -0.39 is 0 Å². The minimum Gasteiger partial charge on any atom is -0.326 e. The van der Waals surface area contributed by atoms with Gasteiger partial charge in [0.25, 0.3) is 0 Å². The average molecular weight is 340 g/mol. The fourth-order valence-corrected chi connectivity index (χ4v) is 2.12. The first kappa shape index (κ1) is 14.5. The minimum atomic E-state index is -0.355. The van der Waals surface area contributed by atoms with Crippen LogP contribution in [-0.4, -0.2) is 47.8 Å². The quantitative estimate of drug-likeness (QED) is 0.848. The highest BCUT2D eigenvalue weighted by atomic mass is 79.9. The van der Waals surface area contributed by atoms with Gasteiger partial charge in [-0.05, 0) is 24.3 Å². The van der Waals surface area contributed by atoms with Gasteiger partial charge in [-0.25, -0.2) is 4.79 Å². The molecule has 0 saturated carbocycles. The van der Waals surface area contributed by atoms with Crippen molar-refractivity contribution in [1.29, 1.82) is 0 Å². The van der Waals surface area contributed by atoms with Crippen molar-refractivity contribution in [1.82, 2.24) is 9.80 Å². The smallest absolute Gasteiger partial charge is 0.326 e. The number of carbonyl (C=O) groups is 3. The lowest BCUT2D eigenvalue weighted by atomic mass is 10.3. The molecule has 4 amide bonds. The summed E-state index contributed by atoms with van der Waals surface area (Å²) in [6.45, 7) is 0.178. The highest BCUT2D eigenvalue weighted by Crippen LogP contribution is 2.14. The van der Waals surface area contributed by atoms with Gasteiger partial charge in [0.05, 0.1) is 0 Å². The molecular formula is C13H14BrN3O3. The van der Waals surface area contributed by atoms with Crippen molar-refractivity contribution < 1.29 is 14.4 Å². The van der Waals surface area contributed by atoms with Gasteiger partial charge in [0, 0.05) is 30.2 Å². The van der Waals surface area contributed by atoms with Crippen molar-refractivity contribution in [3.8, 4) is 0 Å². The minimum absolute atomic E-state index is 0.0766. The number of imide groups is 1. The van der Waals surface area contributed by atoms with Crippen LogP contribution in [0.3, 0.4) is 0 Å². The molecular weight excluding hydrogens is 326 g/mol. The van der Waals surface area contributed by atoms with Gasteiger partial charge in [0.2, 0.25) is 11.8 Å². The molecule has 7 heteroatoms. The Hall–Kier alpha value is -1.89. The molecule has 1 aromatic rings. The molecule has 6 nitrogen and oxygen atoms in total. The SMILES string of the molecule is CN1CC(=O)N(CCC(=O)Nc2ccc(Br)cc2)C1=O. The number of nitrogens with one attached hydrogen (secondary N) is 1. The normalized spacial score (nSPS) is 14.9. The molecule has 1 saturated heterocycles. The van der Waals surface area contributed by atoms with Crippen molar-refractivity contribution in [2.24, 2.45) is 0 Å². The molecule has 0 aromatic heterocycles. The number of anilines is 1. The number of nitrogens with zero attached hydrogens (tertiary/aromatic N) is 2. The number of carbonyl (C=O) groups excluding carboxylic acids is 3. The number of rotatable bonds is 4. The molecule has 0 atom stereocenters. The van der Waals surface area contributed by atoms with Crippen LogP contribution in [0, 0.1) is 0 Å². The van der Waals surface area contributed by atoms with Crippen LogP contribution < -0.4 is 5.32 Å². The number of benzene rings is 1. The molecule has 1 N–H and O–H groups in total. The highest BCUT2D eigenvalue weighted by molar-refractivity contribution is 9.10. The van der Waals surface area contributed by atoms with E-state index in [1.165, 1.54) is 4.90 Å². The maximum atomic E-state index is 11.8. The molecule has 0 spiro atoms. The maximum Gasteiger partial charge on any atom is 0.326 e. The summed E-state index contributed by atoms with van der Waals surface area (Å²) in [7, 11) is 1.56. The lowest BCUT2D eigenvalue weighted by molar-refractivity contribution is -0.125. The van der Waals surface area contributed by atoms with E-state index in [2.05, 4.69) is 21.2 Å². The van der Waals surface area contributed by atoms with Crippen LogP contribution in [0.4, 0.5) is 10.5 Å². The third kappa shape index (κ3) is 3.36. The Kier molecular flexibility index (Phi) is 4.39. The van der Waals surface area contributed by atoms with E-state index in [9.17, 15) is 14.4 Å². The van der Waals surface area contributed by atoms with Gasteiger partial charge in [0.15, 0.2) is 0 Å². The van der Waals surface area contributed by atoms with E-state index >= 15 is 0 Å². The van der Waals surface area contributed by atoms with E-state index in [0.29, 0.717) is 5.69 Å². The first-order valence-corrected chi connectivity index (χ1v) is 6.87. The summed E-state index contributed by atoms with van der Waals surface area (Å²) < 4.78 is 0.923. The Bertz CT molecular complexity index is 544. The number of likely N-dealkylation sites (N-methyl/N-ethyl adjacent to an activating group) is 1. The zero-order chi connectivity index (χ0) is 14.7. The number of halogens is 1. The van der Waals surface area contributed by atoms with Gasteiger partial charge in [-0.15, -0.1) is 0 Å². The summed E-state index contributed by atoms with van der Waals surface area (Å²) >= 11 is 3.31. The summed E-state index contributed by atoms with van der Waals surface area (Å²) in [5.74, 6) is -0.503. The second-order valence-electron chi connectivity index (χ2n) is 4.49. The van der Waals surface area contributed by atoms with E-state index in [1.807, 2.05) is 12.1 Å². The Labute approximate surface area is 124 Å². The van der Waals surface area contributed by atoms with Crippen LogP contribution in [0.25, 0.3) is 0 Å². The van der Waals surface area contributed by atoms with Gasteiger partial charge >= 0.3 is 6.03 Å². The third-order valence-corrected chi connectivity index (χ3v) is 3.45. The van der Waals surface area contributed by atoms with Crippen LogP contribution in [0.5, 0.6) is 0 Å². The highest BCUT2D eigenvalue weighted by Gasteiger charge is 2.33. The van der Waals surface area contributed by atoms with E-state index in [-0.39, 0.29) is 37.4 Å². The molecule has 2 rings (SSSR count). The van der Waals surface area contributed by atoms with E-state index in [1.54, 1.807) is 19.2 Å². The summed E-state index contributed by atoms with van der Waals surface area (Å²) in [5.41, 5.74) is 0.675. The maximum absolute atomic E-state index is 11.8. The summed E-state index contributed by atoms with van der Waals surface area (Å²) in [6.07, 6.45) is 0.0847. The van der Waals surface area contributed by atoms with Crippen LogP contribution in [0.15, 0.2) is 28.7 Å². The van der Waals surface area contributed by atoms with Crippen molar-refractivity contribution in [3.63, 3.8) is 0 Å². The molecule has 0 aliphatic carbocycles. The molecule has 0 bridgehead atoms. The van der Waals surface area contributed by atoms with Gasteiger partial charge in [-0.2, -0.15) is 0 Å². The monoisotopic (exact) mass is 339 g/mol. The number of amides is 4. The third-order valence-electron chi connectivity index (χ3n) is 2.92. The lowest BCUT2D eigenvalue weighted by Gasteiger charge is -2.13. The molecule has 1 heterocycles. The van der Waals surface area contributed by atoms with Crippen LogP contribution in [-0.2, 0) is 9.59 Å². The van der Waals surface area contributed by atoms with Gasteiger partial charge in [-0.1, -0.05) is 15.9 Å². The second-order valence-corrected chi connectivity index (χ2v) is 5.40. The molecule has 1 fully saturated rings. The van der Waals surface area contributed by atoms with Crippen molar-refractivity contribution >= 4 is 39.5 Å². The number of hydrogen-bond donors (Lipinski definition) is 1. The standard InChI is InChI=1S/C13H14BrN3O3/c1-16-8-12(19)17(13(16)20)7-6-11(18)15-10-4-2-9(14)3-5-10/h2-5H,6-8H2,1H3,(H,15,18). The van der Waals surface area contributed by atoms with Gasteiger partial charge in [0.1, 0.15) is 6.54 Å². The van der Waals surface area contributed by atoms with Crippen molar-refractivity contribution in [2.45, 2.75) is 6.42 Å². The fraction of sp³-hybridized carbons (Fsp3) is 0.308. The summed E-state index contributed by atoms with van der Waals surface area (Å²) in [6, 6.07) is 6.81. The van der Waals surface area contributed by atoms with Crippen LogP contribution in [0.1, 0.15) is 6.42 Å². The molecule has 1 aliphatic heterocycles. The largest absolute Gasteiger partial charge is 0.326 e. The average Bonchev–Trinajstić information content (AvgIpc) is 2.64. The first-order chi connectivity index (χ1) is 9.47. The molecule has 0 unspecified atom stereocenters. The van der Waals surface area contributed by atoms with Crippen LogP contribution in [0.2, 0.25) is 0 Å². The topological polar surface area (TPSA) is 69.7 Å². The molecule has 1 aromatic carbocycles. The number of hydrogen-bond acceptors (Lipinski definition) is 3. The second kappa shape index (κ2) is 6.04. The lowest BCUT2D eigenvalue weighted by Crippen LogP contribution is -2.34. The predicted octanol–water partition coefficient (Wildman–Crippen LogP) is 1.67. The zero-order valence-corrected chi connectivity index (χ0v) is 12.5. The summed E-state index contributed by atoms with van der Waals surface area (Å²) in [4.78, 5) is 37.3. The Balaban J connectivity index is 1.85. The molecule has 1 aliphatic rings. The molecule has 20 heavy (non-hydrogen) atoms. The Morgan fingerprint density at radius 2 is 1.95 bits per heavy atom. The molecule has 106 valence electrons. The number of urea groups is 1. The van der Waals surface area contributed by atoms with E-state index in [4.69, 9.17) is 0 Å². The van der Waals surface area contributed by atoms with Gasteiger partial charge in [-0.3, -0.25) is 14.5 Å². The zero-order valence-electron chi connectivity index (χ0n) is 10.9.